The maximum atomic E-state index is 12.2. The van der Waals surface area contributed by atoms with E-state index in [2.05, 4.69) is 20.6 Å². The van der Waals surface area contributed by atoms with E-state index in [1.165, 1.54) is 0 Å². The Morgan fingerprint density at radius 1 is 1.30 bits per heavy atom. The van der Waals surface area contributed by atoms with E-state index in [-0.39, 0.29) is 12.3 Å². The number of benzene rings is 1. The Kier molecular flexibility index (Phi) is 5.73. The van der Waals surface area contributed by atoms with Gasteiger partial charge in [0.05, 0.1) is 34.4 Å². The molecule has 2 amide bonds. The standard InChI is InChI=1S/C16H14Cl2N6O2S/c1-8-14(15(19)26)27-16(20-8)21-13(25)5-10-7-24(23-22-10)6-9-2-3-11(17)12(18)4-9/h2-4,7H,5-6H2,1H3,(H2,19,26)(H,20,21,25). The summed E-state index contributed by atoms with van der Waals surface area (Å²) in [5.41, 5.74) is 7.13. The van der Waals surface area contributed by atoms with Gasteiger partial charge < -0.3 is 11.1 Å². The Hall–Kier alpha value is -2.49. The summed E-state index contributed by atoms with van der Waals surface area (Å²) in [6, 6.07) is 5.29. The van der Waals surface area contributed by atoms with Crippen molar-refractivity contribution in [3.05, 3.63) is 56.3 Å². The largest absolute Gasteiger partial charge is 0.365 e. The third kappa shape index (κ3) is 4.82. The number of rotatable bonds is 6. The molecule has 3 N–H and O–H groups in total. The van der Waals surface area contributed by atoms with Gasteiger partial charge in [-0.2, -0.15) is 0 Å². The van der Waals surface area contributed by atoms with Crippen molar-refractivity contribution in [1.29, 1.82) is 0 Å². The van der Waals surface area contributed by atoms with Crippen molar-refractivity contribution in [1.82, 2.24) is 20.0 Å². The zero-order chi connectivity index (χ0) is 19.6. The van der Waals surface area contributed by atoms with Gasteiger partial charge in [0, 0.05) is 6.20 Å². The molecule has 3 aromatic rings. The number of anilines is 1. The number of aryl methyl sites for hydroxylation is 1. The molecule has 2 heterocycles. The molecule has 2 aromatic heterocycles. The minimum absolute atomic E-state index is 0.0197. The van der Waals surface area contributed by atoms with Crippen LogP contribution in [0.3, 0.4) is 0 Å². The highest BCUT2D eigenvalue weighted by atomic mass is 35.5. The fourth-order valence-corrected chi connectivity index (χ4v) is 3.48. The van der Waals surface area contributed by atoms with E-state index in [1.807, 2.05) is 6.07 Å². The maximum absolute atomic E-state index is 12.2. The van der Waals surface area contributed by atoms with E-state index in [0.29, 0.717) is 38.0 Å². The maximum Gasteiger partial charge on any atom is 0.260 e. The highest BCUT2D eigenvalue weighted by Crippen LogP contribution is 2.23. The highest BCUT2D eigenvalue weighted by Gasteiger charge is 2.15. The van der Waals surface area contributed by atoms with Crippen molar-refractivity contribution in [2.45, 2.75) is 19.9 Å². The number of halogens is 2. The van der Waals surface area contributed by atoms with Gasteiger partial charge in [-0.3, -0.25) is 9.59 Å². The van der Waals surface area contributed by atoms with E-state index < -0.39 is 5.91 Å². The van der Waals surface area contributed by atoms with Crippen LogP contribution in [-0.4, -0.2) is 31.8 Å². The first-order chi connectivity index (χ1) is 12.8. The molecule has 0 fully saturated rings. The number of nitrogens with one attached hydrogen (secondary N) is 1. The van der Waals surface area contributed by atoms with Crippen LogP contribution in [0.4, 0.5) is 5.13 Å². The fourth-order valence-electron chi connectivity index (χ4n) is 2.33. The Morgan fingerprint density at radius 2 is 2.07 bits per heavy atom. The van der Waals surface area contributed by atoms with Crippen molar-refractivity contribution >= 4 is 51.5 Å². The Labute approximate surface area is 168 Å². The molecule has 0 saturated heterocycles. The molecule has 140 valence electrons. The second-order valence-corrected chi connectivity index (χ2v) is 7.49. The monoisotopic (exact) mass is 424 g/mol. The molecular formula is C16H14Cl2N6O2S. The van der Waals surface area contributed by atoms with Crippen LogP contribution >= 0.6 is 34.5 Å². The summed E-state index contributed by atoms with van der Waals surface area (Å²) in [5, 5.41) is 11.9. The van der Waals surface area contributed by atoms with Crippen LogP contribution in [0, 0.1) is 6.92 Å². The molecule has 11 heteroatoms. The number of hydrogen-bond donors (Lipinski definition) is 2. The predicted molar refractivity (Wildman–Crippen MR) is 103 cm³/mol. The first-order valence-corrected chi connectivity index (χ1v) is 9.29. The Balaban J connectivity index is 1.61. The summed E-state index contributed by atoms with van der Waals surface area (Å²) in [7, 11) is 0. The summed E-state index contributed by atoms with van der Waals surface area (Å²) in [5.74, 6) is -0.892. The van der Waals surface area contributed by atoms with Crippen molar-refractivity contribution in [2.75, 3.05) is 5.32 Å². The van der Waals surface area contributed by atoms with E-state index >= 15 is 0 Å². The molecule has 0 aliphatic rings. The van der Waals surface area contributed by atoms with E-state index in [1.54, 1.807) is 29.9 Å². The van der Waals surface area contributed by atoms with Crippen molar-refractivity contribution in [3.63, 3.8) is 0 Å². The number of thiazole rings is 1. The summed E-state index contributed by atoms with van der Waals surface area (Å²) in [4.78, 5) is 27.8. The molecule has 0 aliphatic heterocycles. The van der Waals surface area contributed by atoms with Gasteiger partial charge in [-0.15, -0.1) is 5.10 Å². The molecule has 0 spiro atoms. The molecule has 0 saturated carbocycles. The molecule has 1 aromatic carbocycles. The van der Waals surface area contributed by atoms with Crippen LogP contribution in [0.5, 0.6) is 0 Å². The number of amides is 2. The molecular weight excluding hydrogens is 411 g/mol. The van der Waals surface area contributed by atoms with Crippen molar-refractivity contribution in [2.24, 2.45) is 5.73 Å². The third-order valence-corrected chi connectivity index (χ3v) is 5.35. The van der Waals surface area contributed by atoms with Crippen LogP contribution < -0.4 is 11.1 Å². The number of aromatic nitrogens is 4. The molecule has 0 bridgehead atoms. The lowest BCUT2D eigenvalue weighted by molar-refractivity contribution is -0.115. The summed E-state index contributed by atoms with van der Waals surface area (Å²) in [6.45, 7) is 2.10. The highest BCUT2D eigenvalue weighted by molar-refractivity contribution is 7.17. The Bertz CT molecular complexity index is 1020. The van der Waals surface area contributed by atoms with Gasteiger partial charge in [0.15, 0.2) is 5.13 Å². The number of hydrogen-bond acceptors (Lipinski definition) is 6. The predicted octanol–water partition coefficient (Wildman–Crippen LogP) is 2.68. The van der Waals surface area contributed by atoms with Crippen LogP contribution in [0.1, 0.15) is 26.6 Å². The minimum atomic E-state index is -0.573. The molecule has 8 nitrogen and oxygen atoms in total. The third-order valence-electron chi connectivity index (χ3n) is 3.52. The van der Waals surface area contributed by atoms with E-state index in [4.69, 9.17) is 28.9 Å². The fraction of sp³-hybridized carbons (Fsp3) is 0.188. The molecule has 0 atom stereocenters. The van der Waals surface area contributed by atoms with Gasteiger partial charge in [-0.1, -0.05) is 45.8 Å². The zero-order valence-electron chi connectivity index (χ0n) is 14.1. The quantitative estimate of drug-likeness (QED) is 0.630. The van der Waals surface area contributed by atoms with Crippen molar-refractivity contribution < 1.29 is 9.59 Å². The molecule has 0 unspecified atom stereocenters. The number of carbonyl (C=O) groups is 2. The van der Waals surface area contributed by atoms with Crippen LogP contribution in [0.2, 0.25) is 10.0 Å². The van der Waals surface area contributed by atoms with Crippen LogP contribution in [0.15, 0.2) is 24.4 Å². The number of nitrogens with two attached hydrogens (primary N) is 1. The number of nitrogens with zero attached hydrogens (tertiary/aromatic N) is 4. The van der Waals surface area contributed by atoms with Crippen LogP contribution in [-0.2, 0) is 17.8 Å². The lowest BCUT2D eigenvalue weighted by atomic mass is 10.2. The molecule has 0 radical (unpaired) electrons. The van der Waals surface area contributed by atoms with Gasteiger partial charge in [-0.05, 0) is 24.6 Å². The van der Waals surface area contributed by atoms with Gasteiger partial charge >= 0.3 is 0 Å². The second kappa shape index (κ2) is 8.03. The number of primary amides is 1. The average molecular weight is 425 g/mol. The first kappa shape index (κ1) is 19.3. The van der Waals surface area contributed by atoms with E-state index in [0.717, 1.165) is 16.9 Å². The summed E-state index contributed by atoms with van der Waals surface area (Å²) >= 11 is 12.9. The van der Waals surface area contributed by atoms with Gasteiger partial charge in [0.25, 0.3) is 5.91 Å². The SMILES string of the molecule is Cc1nc(NC(=O)Cc2cn(Cc3ccc(Cl)c(Cl)c3)nn2)sc1C(N)=O. The first-order valence-electron chi connectivity index (χ1n) is 7.72. The second-order valence-electron chi connectivity index (χ2n) is 5.68. The normalized spacial score (nSPS) is 10.8. The lowest BCUT2D eigenvalue weighted by Crippen LogP contribution is -2.14. The minimum Gasteiger partial charge on any atom is -0.365 e. The summed E-state index contributed by atoms with van der Waals surface area (Å²) < 4.78 is 1.60. The molecule has 27 heavy (non-hydrogen) atoms. The Morgan fingerprint density at radius 3 is 2.74 bits per heavy atom. The number of carbonyl (C=O) groups excluding carboxylic acids is 2. The average Bonchev–Trinajstić information content (AvgIpc) is 3.17. The summed E-state index contributed by atoms with van der Waals surface area (Å²) in [6.07, 6.45) is 1.69. The van der Waals surface area contributed by atoms with E-state index in [9.17, 15) is 9.59 Å². The van der Waals surface area contributed by atoms with Crippen LogP contribution in [0.25, 0.3) is 0 Å². The van der Waals surface area contributed by atoms with Gasteiger partial charge in [0.2, 0.25) is 5.91 Å². The van der Waals surface area contributed by atoms with Gasteiger partial charge in [0.1, 0.15) is 4.88 Å². The van der Waals surface area contributed by atoms with Crippen molar-refractivity contribution in [3.8, 4) is 0 Å². The van der Waals surface area contributed by atoms with Gasteiger partial charge in [-0.25, -0.2) is 9.67 Å². The zero-order valence-corrected chi connectivity index (χ0v) is 16.4. The smallest absolute Gasteiger partial charge is 0.260 e. The molecule has 0 aliphatic carbocycles. The molecule has 3 rings (SSSR count). The topological polar surface area (TPSA) is 116 Å². The lowest BCUT2D eigenvalue weighted by Gasteiger charge is -2.02.